The van der Waals surface area contributed by atoms with Crippen LogP contribution in [0.15, 0.2) is 42.5 Å². The van der Waals surface area contributed by atoms with Gasteiger partial charge in [-0.1, -0.05) is 35.9 Å². The Balaban J connectivity index is 1.74. The fourth-order valence-corrected chi connectivity index (χ4v) is 3.83. The van der Waals surface area contributed by atoms with E-state index in [0.717, 1.165) is 36.0 Å². The fraction of sp³-hybridized carbons (Fsp3) is 0.333. The minimum Gasteiger partial charge on any atom is -0.507 e. The summed E-state index contributed by atoms with van der Waals surface area (Å²) in [5, 5.41) is 25.1. The molecule has 0 unspecified atom stereocenters. The average molecular weight is 384 g/mol. The molecule has 2 N–H and O–H groups in total. The highest BCUT2D eigenvalue weighted by Crippen LogP contribution is 2.36. The summed E-state index contributed by atoms with van der Waals surface area (Å²) < 4.78 is 5.81. The van der Waals surface area contributed by atoms with Crippen LogP contribution < -0.4 is 5.32 Å². The highest BCUT2D eigenvalue weighted by molar-refractivity contribution is 6.30. The number of hydrogen-bond donors (Lipinski definition) is 2. The predicted octanol–water partition coefficient (Wildman–Crippen LogP) is 5.03. The molecule has 0 amide bonds. The fourth-order valence-electron chi connectivity index (χ4n) is 3.66. The number of ether oxygens (including phenoxy) is 1. The Hall–Kier alpha value is -2.37. The summed E-state index contributed by atoms with van der Waals surface area (Å²) in [6, 6.07) is 13.3. The van der Waals surface area contributed by atoms with Gasteiger partial charge in [-0.25, -0.2) is 0 Å². The van der Waals surface area contributed by atoms with E-state index in [0.29, 0.717) is 16.3 Å². The number of phenolic OH excluding ortho intramolecular Hbond substituents is 1. The van der Waals surface area contributed by atoms with Crippen molar-refractivity contribution < 1.29 is 9.84 Å². The second kappa shape index (κ2) is 6.98. The molecule has 1 aliphatic rings. The molecule has 2 aromatic carbocycles. The molecule has 0 bridgehead atoms. The second-order valence-electron chi connectivity index (χ2n) is 7.55. The molecule has 1 fully saturated rings. The first-order chi connectivity index (χ1) is 12.9. The van der Waals surface area contributed by atoms with Crippen LogP contribution in [0.4, 0.5) is 5.82 Å². The van der Waals surface area contributed by atoms with Gasteiger partial charge >= 0.3 is 0 Å². The quantitative estimate of drug-likeness (QED) is 0.664. The molecule has 5 nitrogen and oxygen atoms in total. The molecular weight excluding hydrogens is 362 g/mol. The Bertz CT molecular complexity index is 990. The van der Waals surface area contributed by atoms with Crippen LogP contribution in [-0.4, -0.2) is 33.6 Å². The number of phenols is 1. The zero-order chi connectivity index (χ0) is 19.0. The van der Waals surface area contributed by atoms with E-state index < -0.39 is 0 Å². The lowest BCUT2D eigenvalue weighted by atomic mass is 9.94. The third-order valence-corrected chi connectivity index (χ3v) is 5.18. The SMILES string of the molecule is CC1(C)C[C@@H](Nc2nnc(-c3ccc(Cl)cc3O)c3ccccc23)CCO1. The first-order valence-electron chi connectivity index (χ1n) is 9.08. The topological polar surface area (TPSA) is 67.3 Å². The molecule has 140 valence electrons. The van der Waals surface area contributed by atoms with Crippen LogP contribution in [0.3, 0.4) is 0 Å². The summed E-state index contributed by atoms with van der Waals surface area (Å²) >= 11 is 5.96. The van der Waals surface area contributed by atoms with E-state index in [1.807, 2.05) is 24.3 Å². The number of rotatable bonds is 3. The standard InChI is InChI=1S/C21H22ClN3O2/c1-21(2)12-14(9-10-27-21)23-20-16-6-4-3-5-15(16)19(24-25-20)17-8-7-13(22)11-18(17)26/h3-8,11,14,26H,9-10,12H2,1-2H3,(H,23,25)/t14-/m0/s1. The Kier molecular flexibility index (Phi) is 4.66. The molecule has 0 aliphatic carbocycles. The van der Waals surface area contributed by atoms with Crippen LogP contribution in [0.25, 0.3) is 22.0 Å². The molecule has 3 aromatic rings. The maximum atomic E-state index is 10.3. The molecule has 0 saturated carbocycles. The van der Waals surface area contributed by atoms with E-state index in [1.165, 1.54) is 6.07 Å². The van der Waals surface area contributed by atoms with Gasteiger partial charge in [0.05, 0.1) is 5.60 Å². The van der Waals surface area contributed by atoms with Crippen molar-refractivity contribution in [3.8, 4) is 17.0 Å². The summed E-state index contributed by atoms with van der Waals surface area (Å²) in [4.78, 5) is 0. The summed E-state index contributed by atoms with van der Waals surface area (Å²) in [5.74, 6) is 0.847. The molecule has 2 heterocycles. The molecular formula is C21H22ClN3O2. The van der Waals surface area contributed by atoms with Crippen molar-refractivity contribution in [3.05, 3.63) is 47.5 Å². The lowest BCUT2D eigenvalue weighted by Crippen LogP contribution is -2.40. The third kappa shape index (κ3) is 3.70. The van der Waals surface area contributed by atoms with Crippen molar-refractivity contribution in [1.82, 2.24) is 10.2 Å². The van der Waals surface area contributed by atoms with Crippen LogP contribution in [0.2, 0.25) is 5.02 Å². The Morgan fingerprint density at radius 1 is 1.15 bits per heavy atom. The molecule has 1 atom stereocenters. The van der Waals surface area contributed by atoms with Gasteiger partial charge in [-0.15, -0.1) is 10.2 Å². The second-order valence-corrected chi connectivity index (χ2v) is 7.98. The summed E-state index contributed by atoms with van der Waals surface area (Å²) in [5.41, 5.74) is 1.10. The molecule has 1 aliphatic heterocycles. The smallest absolute Gasteiger partial charge is 0.156 e. The van der Waals surface area contributed by atoms with Crippen LogP contribution in [0.5, 0.6) is 5.75 Å². The monoisotopic (exact) mass is 383 g/mol. The number of nitrogens with zero attached hydrogens (tertiary/aromatic N) is 2. The zero-order valence-electron chi connectivity index (χ0n) is 15.4. The minimum absolute atomic E-state index is 0.0915. The largest absolute Gasteiger partial charge is 0.507 e. The van der Waals surface area contributed by atoms with Crippen molar-refractivity contribution >= 4 is 28.2 Å². The van der Waals surface area contributed by atoms with Crippen molar-refractivity contribution in [2.75, 3.05) is 11.9 Å². The summed E-state index contributed by atoms with van der Waals surface area (Å²) in [7, 11) is 0. The summed E-state index contributed by atoms with van der Waals surface area (Å²) in [6.07, 6.45) is 1.84. The molecule has 0 radical (unpaired) electrons. The van der Waals surface area contributed by atoms with E-state index in [2.05, 4.69) is 29.4 Å². The molecule has 1 aromatic heterocycles. The number of fused-ring (bicyclic) bond motifs is 1. The van der Waals surface area contributed by atoms with Crippen LogP contribution in [0.1, 0.15) is 26.7 Å². The number of anilines is 1. The number of aromatic nitrogens is 2. The number of halogens is 1. The van der Waals surface area contributed by atoms with E-state index in [1.54, 1.807) is 12.1 Å². The first-order valence-corrected chi connectivity index (χ1v) is 9.45. The molecule has 0 spiro atoms. The third-order valence-electron chi connectivity index (χ3n) is 4.94. The molecule has 6 heteroatoms. The van der Waals surface area contributed by atoms with Gasteiger partial charge in [0.15, 0.2) is 5.82 Å². The van der Waals surface area contributed by atoms with Crippen molar-refractivity contribution in [3.63, 3.8) is 0 Å². The lowest BCUT2D eigenvalue weighted by molar-refractivity contribution is -0.0553. The van der Waals surface area contributed by atoms with Gasteiger partial charge in [0.25, 0.3) is 0 Å². The summed E-state index contributed by atoms with van der Waals surface area (Å²) in [6.45, 7) is 4.95. The normalized spacial score (nSPS) is 19.1. The van der Waals surface area contributed by atoms with E-state index in [9.17, 15) is 5.11 Å². The average Bonchev–Trinajstić information content (AvgIpc) is 2.62. The lowest BCUT2D eigenvalue weighted by Gasteiger charge is -2.36. The van der Waals surface area contributed by atoms with Crippen LogP contribution in [-0.2, 0) is 4.74 Å². The van der Waals surface area contributed by atoms with Crippen LogP contribution in [0, 0.1) is 0 Å². The Labute approximate surface area is 163 Å². The maximum absolute atomic E-state index is 10.3. The first kappa shape index (κ1) is 18.0. The van der Waals surface area contributed by atoms with Gasteiger partial charge in [-0.3, -0.25) is 0 Å². The maximum Gasteiger partial charge on any atom is 0.156 e. The van der Waals surface area contributed by atoms with Crippen molar-refractivity contribution in [1.29, 1.82) is 0 Å². The van der Waals surface area contributed by atoms with Gasteiger partial charge in [0, 0.05) is 34.0 Å². The number of nitrogens with one attached hydrogen (secondary N) is 1. The molecule has 1 saturated heterocycles. The number of benzene rings is 2. The van der Waals surface area contributed by atoms with E-state index in [-0.39, 0.29) is 17.4 Å². The number of aromatic hydroxyl groups is 1. The minimum atomic E-state index is -0.145. The van der Waals surface area contributed by atoms with Crippen molar-refractivity contribution in [2.45, 2.75) is 38.3 Å². The van der Waals surface area contributed by atoms with Gasteiger partial charge in [-0.05, 0) is 44.9 Å². The highest BCUT2D eigenvalue weighted by Gasteiger charge is 2.29. The van der Waals surface area contributed by atoms with Gasteiger partial charge in [0.2, 0.25) is 0 Å². The van der Waals surface area contributed by atoms with Gasteiger partial charge in [0.1, 0.15) is 11.4 Å². The predicted molar refractivity (Wildman–Crippen MR) is 108 cm³/mol. The van der Waals surface area contributed by atoms with Crippen LogP contribution >= 0.6 is 11.6 Å². The van der Waals surface area contributed by atoms with E-state index >= 15 is 0 Å². The highest BCUT2D eigenvalue weighted by atomic mass is 35.5. The molecule has 4 rings (SSSR count). The van der Waals surface area contributed by atoms with E-state index in [4.69, 9.17) is 16.3 Å². The van der Waals surface area contributed by atoms with Gasteiger partial charge < -0.3 is 15.2 Å². The van der Waals surface area contributed by atoms with Gasteiger partial charge in [-0.2, -0.15) is 0 Å². The Morgan fingerprint density at radius 2 is 1.93 bits per heavy atom. The number of hydrogen-bond acceptors (Lipinski definition) is 5. The zero-order valence-corrected chi connectivity index (χ0v) is 16.1. The molecule has 27 heavy (non-hydrogen) atoms. The van der Waals surface area contributed by atoms with Crippen molar-refractivity contribution in [2.24, 2.45) is 0 Å². The Morgan fingerprint density at radius 3 is 2.67 bits per heavy atom.